The van der Waals surface area contributed by atoms with Gasteiger partial charge in [-0.1, -0.05) is 18.2 Å². The van der Waals surface area contributed by atoms with Crippen molar-refractivity contribution in [1.82, 2.24) is 15.3 Å². The third kappa shape index (κ3) is 5.19. The van der Waals surface area contributed by atoms with Crippen LogP contribution >= 0.6 is 0 Å². The maximum atomic E-state index is 12.7. The number of nitrogens with one attached hydrogen (secondary N) is 1. The fourth-order valence-corrected chi connectivity index (χ4v) is 2.24. The minimum absolute atomic E-state index is 0.0629. The Balaban J connectivity index is 2.28. The molecule has 2 aromatic rings. The number of carbonyl (C=O) groups excluding carboxylic acids is 2. The Labute approximate surface area is 162 Å². The van der Waals surface area contributed by atoms with Crippen LogP contribution in [0.25, 0.3) is 0 Å². The van der Waals surface area contributed by atoms with E-state index < -0.39 is 17.9 Å². The monoisotopic (exact) mass is 387 g/mol. The first-order chi connectivity index (χ1) is 13.5. The number of aromatic nitrogens is 2. The summed E-state index contributed by atoms with van der Waals surface area (Å²) in [6, 6.07) is 7.03. The number of esters is 1. The molecule has 9 nitrogen and oxygen atoms in total. The molecule has 0 aliphatic heterocycles. The number of carbonyl (C=O) groups is 2. The molecule has 1 amide bonds. The summed E-state index contributed by atoms with van der Waals surface area (Å²) in [4.78, 5) is 32.7. The van der Waals surface area contributed by atoms with Crippen molar-refractivity contribution in [2.75, 3.05) is 21.3 Å². The maximum Gasteiger partial charge on any atom is 0.328 e. The molecular weight excluding hydrogens is 366 g/mol. The molecule has 1 N–H and O–H groups in total. The first kappa shape index (κ1) is 20.7. The Morgan fingerprint density at radius 1 is 1.14 bits per heavy atom. The minimum atomic E-state index is -0.865. The van der Waals surface area contributed by atoms with E-state index >= 15 is 0 Å². The van der Waals surface area contributed by atoms with Crippen LogP contribution in [-0.4, -0.2) is 49.2 Å². The lowest BCUT2D eigenvalue weighted by Crippen LogP contribution is -2.41. The van der Waals surface area contributed by atoms with E-state index in [1.807, 2.05) is 0 Å². The van der Waals surface area contributed by atoms with Gasteiger partial charge in [0.15, 0.2) is 0 Å². The number of methoxy groups -OCH3 is 3. The molecule has 0 aliphatic carbocycles. The van der Waals surface area contributed by atoms with Crippen molar-refractivity contribution in [2.24, 2.45) is 0 Å². The highest BCUT2D eigenvalue weighted by Gasteiger charge is 2.23. The fraction of sp³-hybridized carbons (Fsp3) is 0.263. The van der Waals surface area contributed by atoms with E-state index in [0.29, 0.717) is 0 Å². The molecule has 148 valence electrons. The average molecular weight is 387 g/mol. The van der Waals surface area contributed by atoms with Crippen LogP contribution < -0.4 is 19.5 Å². The van der Waals surface area contributed by atoms with Gasteiger partial charge in [0.1, 0.15) is 11.8 Å². The van der Waals surface area contributed by atoms with Crippen molar-refractivity contribution in [1.29, 1.82) is 0 Å². The number of rotatable bonds is 9. The van der Waals surface area contributed by atoms with Crippen LogP contribution in [0.5, 0.6) is 23.5 Å². The Morgan fingerprint density at radius 3 is 2.36 bits per heavy atom. The zero-order valence-corrected chi connectivity index (χ0v) is 15.8. The van der Waals surface area contributed by atoms with Gasteiger partial charge in [-0.25, -0.2) is 4.79 Å². The normalized spacial score (nSPS) is 11.1. The summed E-state index contributed by atoms with van der Waals surface area (Å²) >= 11 is 0. The number of hydrogen-bond acceptors (Lipinski definition) is 8. The summed E-state index contributed by atoms with van der Waals surface area (Å²) in [5, 5.41) is 2.60. The molecule has 1 atom stereocenters. The van der Waals surface area contributed by atoms with Gasteiger partial charge in [-0.15, -0.1) is 6.58 Å². The molecule has 1 heterocycles. The van der Waals surface area contributed by atoms with Crippen LogP contribution in [0.2, 0.25) is 0 Å². The molecule has 2 rings (SSSR count). The van der Waals surface area contributed by atoms with Crippen molar-refractivity contribution < 1.29 is 28.5 Å². The third-order valence-corrected chi connectivity index (χ3v) is 3.60. The molecule has 1 aromatic heterocycles. The average Bonchev–Trinajstić information content (AvgIpc) is 2.72. The van der Waals surface area contributed by atoms with Crippen molar-refractivity contribution in [2.45, 2.75) is 12.5 Å². The molecule has 0 saturated carbocycles. The standard InChI is InChI=1S/C19H21N3O6/c1-5-8-13(18(24)27-4)20-17(23)12-9-6-7-10-14(12)28-19-21-15(25-2)11-16(22-19)26-3/h5-7,9-11,13H,1,8H2,2-4H3,(H,20,23). The third-order valence-electron chi connectivity index (χ3n) is 3.60. The summed E-state index contributed by atoms with van der Waals surface area (Å²) in [5.74, 6) is -0.436. The smallest absolute Gasteiger partial charge is 0.328 e. The summed E-state index contributed by atoms with van der Waals surface area (Å²) in [6.45, 7) is 3.58. The second kappa shape index (κ2) is 9.91. The van der Waals surface area contributed by atoms with E-state index in [4.69, 9.17) is 18.9 Å². The van der Waals surface area contributed by atoms with Crippen LogP contribution in [0.4, 0.5) is 0 Å². The Bertz CT molecular complexity index is 833. The fourth-order valence-electron chi connectivity index (χ4n) is 2.24. The zero-order chi connectivity index (χ0) is 20.5. The number of amides is 1. The molecule has 0 aliphatic rings. The van der Waals surface area contributed by atoms with Gasteiger partial charge < -0.3 is 24.3 Å². The number of nitrogens with zero attached hydrogens (tertiary/aromatic N) is 2. The quantitative estimate of drug-likeness (QED) is 0.515. The van der Waals surface area contributed by atoms with E-state index in [-0.39, 0.29) is 35.5 Å². The second-order valence-electron chi connectivity index (χ2n) is 5.41. The minimum Gasteiger partial charge on any atom is -0.481 e. The summed E-state index contributed by atoms with van der Waals surface area (Å²) in [5.41, 5.74) is 0.186. The second-order valence-corrected chi connectivity index (χ2v) is 5.41. The summed E-state index contributed by atoms with van der Waals surface area (Å²) < 4.78 is 20.5. The Morgan fingerprint density at radius 2 is 1.79 bits per heavy atom. The van der Waals surface area contributed by atoms with Gasteiger partial charge in [0.2, 0.25) is 11.8 Å². The van der Waals surface area contributed by atoms with Crippen LogP contribution in [0.3, 0.4) is 0 Å². The molecule has 9 heteroatoms. The van der Waals surface area contributed by atoms with E-state index in [0.717, 1.165) is 0 Å². The van der Waals surface area contributed by atoms with Gasteiger partial charge in [0, 0.05) is 0 Å². The molecule has 28 heavy (non-hydrogen) atoms. The summed E-state index contributed by atoms with van der Waals surface area (Å²) in [7, 11) is 4.13. The molecule has 0 spiro atoms. The van der Waals surface area contributed by atoms with Crippen LogP contribution in [0.15, 0.2) is 43.0 Å². The maximum absolute atomic E-state index is 12.7. The van der Waals surface area contributed by atoms with E-state index in [9.17, 15) is 9.59 Å². The SMILES string of the molecule is C=CCC(NC(=O)c1ccccc1Oc1nc(OC)cc(OC)n1)C(=O)OC. The van der Waals surface area contributed by atoms with E-state index in [1.165, 1.54) is 33.5 Å². The number of para-hydroxylation sites is 1. The summed E-state index contributed by atoms with van der Waals surface area (Å²) in [6.07, 6.45) is 1.73. The molecule has 1 aromatic carbocycles. The van der Waals surface area contributed by atoms with Crippen LogP contribution in [0, 0.1) is 0 Å². The van der Waals surface area contributed by atoms with Crippen molar-refractivity contribution in [3.63, 3.8) is 0 Å². The van der Waals surface area contributed by atoms with Gasteiger partial charge in [0.05, 0.1) is 33.0 Å². The highest BCUT2D eigenvalue weighted by molar-refractivity contribution is 5.99. The number of benzene rings is 1. The van der Waals surface area contributed by atoms with E-state index in [1.54, 1.807) is 24.3 Å². The molecule has 0 fully saturated rings. The van der Waals surface area contributed by atoms with Crippen molar-refractivity contribution in [3.8, 4) is 23.5 Å². The predicted molar refractivity (Wildman–Crippen MR) is 99.7 cm³/mol. The number of hydrogen-bond donors (Lipinski definition) is 1. The molecule has 1 unspecified atom stereocenters. The largest absolute Gasteiger partial charge is 0.481 e. The highest BCUT2D eigenvalue weighted by Crippen LogP contribution is 2.26. The number of ether oxygens (including phenoxy) is 4. The van der Waals surface area contributed by atoms with Gasteiger partial charge in [-0.2, -0.15) is 9.97 Å². The van der Waals surface area contributed by atoms with Crippen LogP contribution in [-0.2, 0) is 9.53 Å². The highest BCUT2D eigenvalue weighted by atomic mass is 16.5. The molecular formula is C19H21N3O6. The van der Waals surface area contributed by atoms with Crippen molar-refractivity contribution in [3.05, 3.63) is 48.6 Å². The van der Waals surface area contributed by atoms with Crippen LogP contribution in [0.1, 0.15) is 16.8 Å². The molecule has 0 bridgehead atoms. The van der Waals surface area contributed by atoms with Gasteiger partial charge >= 0.3 is 12.0 Å². The van der Waals surface area contributed by atoms with E-state index in [2.05, 4.69) is 21.9 Å². The van der Waals surface area contributed by atoms with Gasteiger partial charge in [-0.3, -0.25) is 4.79 Å². The first-order valence-electron chi connectivity index (χ1n) is 8.25. The molecule has 0 radical (unpaired) electrons. The lowest BCUT2D eigenvalue weighted by molar-refractivity contribution is -0.142. The lowest BCUT2D eigenvalue weighted by atomic mass is 10.1. The molecule has 0 saturated heterocycles. The lowest BCUT2D eigenvalue weighted by Gasteiger charge is -2.16. The van der Waals surface area contributed by atoms with Gasteiger partial charge in [0.25, 0.3) is 5.91 Å². The zero-order valence-electron chi connectivity index (χ0n) is 15.8. The topological polar surface area (TPSA) is 109 Å². The first-order valence-corrected chi connectivity index (χ1v) is 8.25. The predicted octanol–water partition coefficient (Wildman–Crippen LogP) is 2.13. The Hall–Kier alpha value is -3.62. The van der Waals surface area contributed by atoms with Crippen molar-refractivity contribution >= 4 is 11.9 Å². The van der Waals surface area contributed by atoms with Gasteiger partial charge in [-0.05, 0) is 18.6 Å². The Kier molecular flexibility index (Phi) is 7.32.